The van der Waals surface area contributed by atoms with Gasteiger partial charge in [-0.15, -0.1) is 0 Å². The monoisotopic (exact) mass is 351 g/mol. The molecule has 0 saturated carbocycles. The Morgan fingerprint density at radius 2 is 2.00 bits per heavy atom. The third-order valence-electron chi connectivity index (χ3n) is 3.55. The van der Waals surface area contributed by atoms with Crippen LogP contribution in [0.1, 0.15) is 24.0 Å². The van der Waals surface area contributed by atoms with Gasteiger partial charge in [-0.25, -0.2) is 0 Å². The van der Waals surface area contributed by atoms with E-state index in [-0.39, 0.29) is 5.91 Å². The number of benzene rings is 2. The number of hydrogen-bond donors (Lipinski definition) is 1. The highest BCUT2D eigenvalue weighted by atomic mass is 35.5. The Morgan fingerprint density at radius 3 is 2.70 bits per heavy atom. The van der Waals surface area contributed by atoms with Crippen molar-refractivity contribution in [2.45, 2.75) is 26.2 Å². The Hall–Kier alpha value is -1.71. The van der Waals surface area contributed by atoms with Crippen molar-refractivity contribution in [3.63, 3.8) is 0 Å². The van der Waals surface area contributed by atoms with Crippen molar-refractivity contribution in [3.8, 4) is 5.75 Å². The number of carbonyl (C=O) groups excluding carboxylic acids is 1. The van der Waals surface area contributed by atoms with Crippen LogP contribution in [0.15, 0.2) is 36.4 Å². The molecule has 5 heteroatoms. The van der Waals surface area contributed by atoms with Crippen molar-refractivity contribution in [2.75, 3.05) is 12.4 Å². The van der Waals surface area contributed by atoms with Gasteiger partial charge in [-0.1, -0.05) is 41.4 Å². The average Bonchev–Trinajstić information content (AvgIpc) is 2.52. The van der Waals surface area contributed by atoms with Crippen LogP contribution >= 0.6 is 23.2 Å². The molecule has 0 saturated heterocycles. The number of anilines is 1. The van der Waals surface area contributed by atoms with Crippen LogP contribution in [-0.4, -0.2) is 13.0 Å². The van der Waals surface area contributed by atoms with Gasteiger partial charge in [0.05, 0.1) is 22.8 Å². The first-order valence-electron chi connectivity index (χ1n) is 7.38. The summed E-state index contributed by atoms with van der Waals surface area (Å²) in [4.78, 5) is 12.0. The minimum Gasteiger partial charge on any atom is -0.496 e. The maximum Gasteiger partial charge on any atom is 0.224 e. The number of nitrogens with one attached hydrogen (secondary N) is 1. The molecule has 0 heterocycles. The predicted molar refractivity (Wildman–Crippen MR) is 95.8 cm³/mol. The van der Waals surface area contributed by atoms with Crippen LogP contribution in [0.25, 0.3) is 0 Å². The zero-order valence-electron chi connectivity index (χ0n) is 13.2. The molecule has 0 unspecified atom stereocenters. The van der Waals surface area contributed by atoms with E-state index in [0.29, 0.717) is 22.2 Å². The number of ether oxygens (including phenoxy) is 1. The molecule has 3 nitrogen and oxygen atoms in total. The molecule has 1 amide bonds. The van der Waals surface area contributed by atoms with Gasteiger partial charge in [-0.2, -0.15) is 0 Å². The Balaban J connectivity index is 1.85. The van der Waals surface area contributed by atoms with Crippen LogP contribution in [-0.2, 0) is 11.2 Å². The topological polar surface area (TPSA) is 38.3 Å². The summed E-state index contributed by atoms with van der Waals surface area (Å²) in [6.07, 6.45) is 2.02. The molecule has 0 bridgehead atoms. The fourth-order valence-corrected chi connectivity index (χ4v) is 2.71. The summed E-state index contributed by atoms with van der Waals surface area (Å²) in [7, 11) is 1.66. The molecule has 23 heavy (non-hydrogen) atoms. The lowest BCUT2D eigenvalue weighted by Crippen LogP contribution is -2.11. The molecule has 2 aromatic carbocycles. The van der Waals surface area contributed by atoms with E-state index in [2.05, 4.69) is 11.4 Å². The summed E-state index contributed by atoms with van der Waals surface area (Å²) in [5.74, 6) is 0.807. The highest BCUT2D eigenvalue weighted by Gasteiger charge is 2.08. The number of halogens is 2. The Labute approximate surface area is 146 Å². The lowest BCUT2D eigenvalue weighted by Gasteiger charge is -2.09. The Kier molecular flexibility index (Phi) is 6.31. The zero-order chi connectivity index (χ0) is 16.8. The second-order valence-electron chi connectivity index (χ2n) is 5.31. The van der Waals surface area contributed by atoms with Crippen LogP contribution in [0.4, 0.5) is 5.69 Å². The molecule has 122 valence electrons. The average molecular weight is 352 g/mol. The van der Waals surface area contributed by atoms with Gasteiger partial charge in [-0.3, -0.25) is 4.79 Å². The Bertz CT molecular complexity index is 701. The summed E-state index contributed by atoms with van der Waals surface area (Å²) in [6.45, 7) is 2.01. The standard InChI is InChI=1S/C18H19Cl2NO2/c1-12-11-13(9-10-16(12)23-2)5-3-8-17(22)21-15-7-4-6-14(19)18(15)20/h4,6-7,9-11H,3,5,8H2,1-2H3,(H,21,22). The predicted octanol–water partition coefficient (Wildman–Crippen LogP) is 5.27. The highest BCUT2D eigenvalue weighted by molar-refractivity contribution is 6.43. The number of rotatable bonds is 6. The molecule has 0 atom stereocenters. The molecular formula is C18H19Cl2NO2. The lowest BCUT2D eigenvalue weighted by atomic mass is 10.0. The normalized spacial score (nSPS) is 10.4. The van der Waals surface area contributed by atoms with Crippen molar-refractivity contribution in [1.82, 2.24) is 0 Å². The van der Waals surface area contributed by atoms with E-state index in [4.69, 9.17) is 27.9 Å². The van der Waals surface area contributed by atoms with Crippen molar-refractivity contribution in [2.24, 2.45) is 0 Å². The largest absolute Gasteiger partial charge is 0.496 e. The molecule has 0 aliphatic rings. The molecular weight excluding hydrogens is 333 g/mol. The number of methoxy groups -OCH3 is 1. The molecule has 0 radical (unpaired) electrons. The van der Waals surface area contributed by atoms with Gasteiger partial charge >= 0.3 is 0 Å². The van der Waals surface area contributed by atoms with Crippen LogP contribution in [0.3, 0.4) is 0 Å². The molecule has 0 fully saturated rings. The van der Waals surface area contributed by atoms with Crippen molar-refractivity contribution < 1.29 is 9.53 Å². The van der Waals surface area contributed by atoms with E-state index in [0.717, 1.165) is 24.2 Å². The lowest BCUT2D eigenvalue weighted by molar-refractivity contribution is -0.116. The van der Waals surface area contributed by atoms with E-state index in [9.17, 15) is 4.79 Å². The molecule has 0 aliphatic heterocycles. The van der Waals surface area contributed by atoms with E-state index < -0.39 is 0 Å². The summed E-state index contributed by atoms with van der Waals surface area (Å²) < 4.78 is 5.24. The Morgan fingerprint density at radius 1 is 1.22 bits per heavy atom. The maximum atomic E-state index is 12.0. The van der Waals surface area contributed by atoms with Crippen LogP contribution in [0.5, 0.6) is 5.75 Å². The van der Waals surface area contributed by atoms with Gasteiger partial charge in [-0.05, 0) is 49.1 Å². The maximum absolute atomic E-state index is 12.0. The first-order valence-corrected chi connectivity index (χ1v) is 8.14. The van der Waals surface area contributed by atoms with Crippen LogP contribution < -0.4 is 10.1 Å². The molecule has 2 rings (SSSR count). The van der Waals surface area contributed by atoms with Gasteiger partial charge < -0.3 is 10.1 Å². The third kappa shape index (κ3) is 4.88. The minimum atomic E-state index is -0.0700. The van der Waals surface area contributed by atoms with Gasteiger partial charge in [0.25, 0.3) is 0 Å². The van der Waals surface area contributed by atoms with Gasteiger partial charge in [0.15, 0.2) is 0 Å². The van der Waals surface area contributed by atoms with Crippen molar-refractivity contribution in [3.05, 3.63) is 57.6 Å². The van der Waals surface area contributed by atoms with Gasteiger partial charge in [0, 0.05) is 6.42 Å². The van der Waals surface area contributed by atoms with Gasteiger partial charge in [0.2, 0.25) is 5.91 Å². The summed E-state index contributed by atoms with van der Waals surface area (Å²) in [6, 6.07) is 11.2. The van der Waals surface area contributed by atoms with Crippen LogP contribution in [0, 0.1) is 6.92 Å². The summed E-state index contributed by atoms with van der Waals surface area (Å²) in [5.41, 5.74) is 2.83. The zero-order valence-corrected chi connectivity index (χ0v) is 14.7. The molecule has 1 N–H and O–H groups in total. The smallest absolute Gasteiger partial charge is 0.224 e. The fourth-order valence-electron chi connectivity index (χ4n) is 2.36. The second-order valence-corrected chi connectivity index (χ2v) is 6.09. The number of amides is 1. The molecule has 0 aliphatic carbocycles. The highest BCUT2D eigenvalue weighted by Crippen LogP contribution is 2.29. The van der Waals surface area contributed by atoms with Crippen molar-refractivity contribution >= 4 is 34.8 Å². The second kappa shape index (κ2) is 8.23. The summed E-state index contributed by atoms with van der Waals surface area (Å²) in [5, 5.41) is 3.59. The molecule has 2 aromatic rings. The number of aryl methyl sites for hydroxylation is 2. The van der Waals surface area contributed by atoms with E-state index in [1.165, 1.54) is 5.56 Å². The van der Waals surface area contributed by atoms with E-state index >= 15 is 0 Å². The van der Waals surface area contributed by atoms with Crippen molar-refractivity contribution in [1.29, 1.82) is 0 Å². The molecule has 0 spiro atoms. The minimum absolute atomic E-state index is 0.0700. The van der Waals surface area contributed by atoms with E-state index in [1.54, 1.807) is 25.3 Å². The van der Waals surface area contributed by atoms with Gasteiger partial charge in [0.1, 0.15) is 5.75 Å². The first-order chi connectivity index (χ1) is 11.0. The SMILES string of the molecule is COc1ccc(CCCC(=O)Nc2cccc(Cl)c2Cl)cc1C. The third-order valence-corrected chi connectivity index (χ3v) is 4.37. The number of carbonyl (C=O) groups is 1. The van der Waals surface area contributed by atoms with E-state index in [1.807, 2.05) is 19.1 Å². The molecule has 0 aromatic heterocycles. The quantitative estimate of drug-likeness (QED) is 0.769. The van der Waals surface area contributed by atoms with Crippen LogP contribution in [0.2, 0.25) is 10.0 Å². The fraction of sp³-hybridized carbons (Fsp3) is 0.278. The number of hydrogen-bond acceptors (Lipinski definition) is 2. The first kappa shape index (κ1) is 17.6. The summed E-state index contributed by atoms with van der Waals surface area (Å²) >= 11 is 12.0.